The van der Waals surface area contributed by atoms with Gasteiger partial charge in [-0.25, -0.2) is 4.79 Å². The minimum absolute atomic E-state index is 0.114. The van der Waals surface area contributed by atoms with Gasteiger partial charge in [0.05, 0.1) is 18.7 Å². The zero-order chi connectivity index (χ0) is 12.4. The molecule has 1 heterocycles. The molecule has 0 saturated heterocycles. The molecule has 0 bridgehead atoms. The number of methoxy groups -OCH3 is 1. The summed E-state index contributed by atoms with van der Waals surface area (Å²) >= 11 is 0. The van der Waals surface area contributed by atoms with Crippen LogP contribution in [0.15, 0.2) is 27.8 Å². The summed E-state index contributed by atoms with van der Waals surface area (Å²) in [5, 5.41) is 9.74. The number of fused-ring (bicyclic) bond motifs is 1. The second kappa shape index (κ2) is 4.42. The molecule has 0 unspecified atom stereocenters. The van der Waals surface area contributed by atoms with Gasteiger partial charge in [0.15, 0.2) is 0 Å². The topological polar surface area (TPSA) is 84.3 Å². The number of benzene rings is 1. The summed E-state index contributed by atoms with van der Waals surface area (Å²) in [6.07, 6.45) is 0. The highest BCUT2D eigenvalue weighted by atomic mass is 16.5. The molecule has 17 heavy (non-hydrogen) atoms. The van der Waals surface area contributed by atoms with Crippen molar-refractivity contribution in [2.45, 2.75) is 6.54 Å². The predicted molar refractivity (Wildman–Crippen MR) is 62.4 cm³/mol. The zero-order valence-corrected chi connectivity index (χ0v) is 9.27. The number of ether oxygens (including phenoxy) is 1. The van der Waals surface area contributed by atoms with Gasteiger partial charge in [0.25, 0.3) is 5.56 Å². The van der Waals surface area contributed by atoms with Gasteiger partial charge in [-0.05, 0) is 12.1 Å². The van der Waals surface area contributed by atoms with E-state index in [0.29, 0.717) is 5.52 Å². The van der Waals surface area contributed by atoms with Crippen molar-refractivity contribution in [2.24, 2.45) is 0 Å². The molecule has 0 fully saturated rings. The summed E-state index contributed by atoms with van der Waals surface area (Å²) in [5.74, 6) is -0.144. The van der Waals surface area contributed by atoms with Crippen LogP contribution in [0, 0.1) is 0 Å². The van der Waals surface area contributed by atoms with E-state index in [1.807, 2.05) is 0 Å². The Bertz CT molecular complexity index is 657. The van der Waals surface area contributed by atoms with Gasteiger partial charge in [-0.15, -0.1) is 0 Å². The Morgan fingerprint density at radius 3 is 2.88 bits per heavy atom. The van der Waals surface area contributed by atoms with Crippen LogP contribution in [0.5, 0.6) is 5.75 Å². The third kappa shape index (κ3) is 1.94. The van der Waals surface area contributed by atoms with E-state index >= 15 is 0 Å². The number of aromatic nitrogens is 2. The number of nitrogens with one attached hydrogen (secondary N) is 1. The number of hydrogen-bond acceptors (Lipinski definition) is 4. The molecule has 6 heteroatoms. The smallest absolute Gasteiger partial charge is 0.328 e. The molecule has 6 nitrogen and oxygen atoms in total. The number of aromatic amines is 1. The zero-order valence-electron chi connectivity index (χ0n) is 9.27. The molecule has 0 aliphatic rings. The van der Waals surface area contributed by atoms with Crippen molar-refractivity contribution in [1.82, 2.24) is 9.55 Å². The number of H-pyrrole nitrogens is 1. The van der Waals surface area contributed by atoms with Crippen LogP contribution in [0.4, 0.5) is 0 Å². The number of phenolic OH excluding ortho intramolecular Hbond substituents is 1. The first-order valence-electron chi connectivity index (χ1n) is 5.09. The van der Waals surface area contributed by atoms with Gasteiger partial charge >= 0.3 is 5.69 Å². The van der Waals surface area contributed by atoms with Crippen molar-refractivity contribution in [3.63, 3.8) is 0 Å². The molecule has 1 aromatic heterocycles. The molecule has 0 spiro atoms. The average Bonchev–Trinajstić information content (AvgIpc) is 2.28. The number of phenols is 1. The molecule has 90 valence electrons. The number of aromatic hydroxyl groups is 1. The highest BCUT2D eigenvalue weighted by Crippen LogP contribution is 2.17. The van der Waals surface area contributed by atoms with Gasteiger partial charge in [0.1, 0.15) is 11.1 Å². The lowest BCUT2D eigenvalue weighted by molar-refractivity contribution is 0.185. The van der Waals surface area contributed by atoms with Crippen LogP contribution in [0.25, 0.3) is 10.9 Å². The monoisotopic (exact) mass is 236 g/mol. The van der Waals surface area contributed by atoms with E-state index in [1.165, 1.54) is 13.2 Å². The molecule has 1 aromatic carbocycles. The van der Waals surface area contributed by atoms with Crippen molar-refractivity contribution in [3.05, 3.63) is 39.0 Å². The van der Waals surface area contributed by atoms with E-state index in [-0.39, 0.29) is 24.3 Å². The first-order chi connectivity index (χ1) is 8.15. The van der Waals surface area contributed by atoms with Gasteiger partial charge < -0.3 is 14.8 Å². The normalized spacial score (nSPS) is 10.9. The Labute approximate surface area is 96.1 Å². The molecule has 0 atom stereocenters. The molecule has 2 rings (SSSR count). The van der Waals surface area contributed by atoms with Crippen molar-refractivity contribution in [2.75, 3.05) is 13.7 Å². The molecule has 0 saturated carbocycles. The van der Waals surface area contributed by atoms with E-state index in [1.54, 1.807) is 12.1 Å². The van der Waals surface area contributed by atoms with Crippen LogP contribution < -0.4 is 11.2 Å². The Balaban J connectivity index is 2.74. The summed E-state index contributed by atoms with van der Waals surface area (Å²) in [4.78, 5) is 26.2. The molecular weight excluding hydrogens is 224 g/mol. The first-order valence-corrected chi connectivity index (χ1v) is 5.09. The molecule has 0 aliphatic carbocycles. The van der Waals surface area contributed by atoms with Crippen LogP contribution >= 0.6 is 0 Å². The SMILES string of the molecule is COCCn1c(=O)[nH]c2cccc(O)c2c1=O. The summed E-state index contributed by atoms with van der Waals surface area (Å²) in [6.45, 7) is 0.400. The number of nitrogens with zero attached hydrogens (tertiary/aromatic N) is 1. The molecule has 0 radical (unpaired) electrons. The third-order valence-electron chi connectivity index (χ3n) is 2.51. The fourth-order valence-electron chi connectivity index (χ4n) is 1.66. The Morgan fingerprint density at radius 2 is 2.18 bits per heavy atom. The van der Waals surface area contributed by atoms with E-state index in [4.69, 9.17) is 4.74 Å². The minimum atomic E-state index is -0.515. The lowest BCUT2D eigenvalue weighted by Gasteiger charge is -2.06. The molecule has 2 aromatic rings. The summed E-state index contributed by atoms with van der Waals surface area (Å²) in [5.41, 5.74) is -0.697. The van der Waals surface area contributed by atoms with Gasteiger partial charge in [0.2, 0.25) is 0 Å². The van der Waals surface area contributed by atoms with E-state index in [9.17, 15) is 14.7 Å². The maximum atomic E-state index is 12.0. The lowest BCUT2D eigenvalue weighted by atomic mass is 10.2. The van der Waals surface area contributed by atoms with E-state index in [2.05, 4.69) is 4.98 Å². The minimum Gasteiger partial charge on any atom is -0.507 e. The number of hydrogen-bond donors (Lipinski definition) is 2. The molecule has 2 N–H and O–H groups in total. The van der Waals surface area contributed by atoms with Crippen LogP contribution in [0.2, 0.25) is 0 Å². The lowest BCUT2D eigenvalue weighted by Crippen LogP contribution is -2.36. The number of rotatable bonds is 3. The van der Waals surface area contributed by atoms with Gasteiger partial charge in [-0.3, -0.25) is 9.36 Å². The second-order valence-corrected chi connectivity index (χ2v) is 3.58. The molecule has 0 amide bonds. The molecule has 0 aliphatic heterocycles. The maximum Gasteiger partial charge on any atom is 0.328 e. The largest absolute Gasteiger partial charge is 0.507 e. The first kappa shape index (κ1) is 11.4. The quantitative estimate of drug-likeness (QED) is 0.788. The van der Waals surface area contributed by atoms with Crippen LogP contribution in [0.1, 0.15) is 0 Å². The van der Waals surface area contributed by atoms with Crippen molar-refractivity contribution in [1.29, 1.82) is 0 Å². The highest BCUT2D eigenvalue weighted by Gasteiger charge is 2.10. The maximum absolute atomic E-state index is 12.0. The fourth-order valence-corrected chi connectivity index (χ4v) is 1.66. The average molecular weight is 236 g/mol. The summed E-state index contributed by atoms with van der Waals surface area (Å²) in [6, 6.07) is 4.54. The van der Waals surface area contributed by atoms with Crippen LogP contribution in [-0.4, -0.2) is 28.4 Å². The summed E-state index contributed by atoms with van der Waals surface area (Å²) < 4.78 is 5.83. The Morgan fingerprint density at radius 1 is 1.41 bits per heavy atom. The van der Waals surface area contributed by atoms with Crippen LogP contribution in [0.3, 0.4) is 0 Å². The highest BCUT2D eigenvalue weighted by molar-refractivity contribution is 5.83. The standard InChI is InChI=1S/C11H12N2O4/c1-17-6-5-13-10(15)9-7(12-11(13)16)3-2-4-8(9)14/h2-4,14H,5-6H2,1H3,(H,12,16). The Kier molecular flexibility index (Phi) is 2.97. The Hall–Kier alpha value is -2.08. The van der Waals surface area contributed by atoms with Gasteiger partial charge in [-0.1, -0.05) is 6.07 Å². The van der Waals surface area contributed by atoms with E-state index < -0.39 is 11.2 Å². The predicted octanol–water partition coefficient (Wildman–Crippen LogP) is 0.0418. The van der Waals surface area contributed by atoms with Gasteiger partial charge in [-0.2, -0.15) is 0 Å². The van der Waals surface area contributed by atoms with Crippen molar-refractivity contribution < 1.29 is 9.84 Å². The second-order valence-electron chi connectivity index (χ2n) is 3.58. The van der Waals surface area contributed by atoms with Crippen molar-refractivity contribution in [3.8, 4) is 5.75 Å². The van der Waals surface area contributed by atoms with E-state index in [0.717, 1.165) is 4.57 Å². The third-order valence-corrected chi connectivity index (χ3v) is 2.51. The van der Waals surface area contributed by atoms with Crippen molar-refractivity contribution >= 4 is 10.9 Å². The molecular formula is C11H12N2O4. The fraction of sp³-hybridized carbons (Fsp3) is 0.273. The van der Waals surface area contributed by atoms with Crippen LogP contribution in [-0.2, 0) is 11.3 Å². The summed E-state index contributed by atoms with van der Waals surface area (Å²) in [7, 11) is 1.48. The van der Waals surface area contributed by atoms with Gasteiger partial charge in [0, 0.05) is 7.11 Å².